The molecule has 8 heteroatoms. The second-order valence-corrected chi connectivity index (χ2v) is 8.18. The van der Waals surface area contributed by atoms with Gasteiger partial charge in [-0.2, -0.15) is 0 Å². The number of nitrogens with zero attached hydrogens (tertiary/aromatic N) is 5. The van der Waals surface area contributed by atoms with Crippen LogP contribution in [0.4, 0.5) is 17.3 Å². The molecule has 0 atom stereocenters. The molecule has 172 valence electrons. The number of anilines is 2. The van der Waals surface area contributed by atoms with Crippen molar-refractivity contribution in [2.24, 2.45) is 0 Å². The highest BCUT2D eigenvalue weighted by Crippen LogP contribution is 2.34. The molecule has 1 fully saturated rings. The van der Waals surface area contributed by atoms with Crippen LogP contribution >= 0.6 is 0 Å². The lowest BCUT2D eigenvalue weighted by molar-refractivity contribution is -0.383. The molecule has 2 aromatic carbocycles. The minimum absolute atomic E-state index is 0.0373. The van der Waals surface area contributed by atoms with Gasteiger partial charge in [0.1, 0.15) is 6.33 Å². The van der Waals surface area contributed by atoms with E-state index in [1.54, 1.807) is 0 Å². The zero-order valence-electron chi connectivity index (χ0n) is 18.9. The lowest BCUT2D eigenvalue weighted by atomic mass is 9.96. The summed E-state index contributed by atoms with van der Waals surface area (Å²) in [6.45, 7) is 5.59. The fourth-order valence-electron chi connectivity index (χ4n) is 4.36. The number of hydrogen-bond donors (Lipinski definition) is 1. The SMILES string of the molecule is CCCCNc1ncnc(N2CCN(C(c3ccccc3)c3ccccc3)CC2)c1[N+](=O)[O-]. The monoisotopic (exact) mass is 446 g/mol. The third kappa shape index (κ3) is 5.28. The van der Waals surface area contributed by atoms with Crippen molar-refractivity contribution < 1.29 is 4.92 Å². The minimum Gasteiger partial charge on any atom is -0.364 e. The molecule has 3 aromatic rings. The number of nitrogens with one attached hydrogen (secondary N) is 1. The van der Waals surface area contributed by atoms with Crippen molar-refractivity contribution in [2.75, 3.05) is 42.9 Å². The van der Waals surface area contributed by atoms with Crippen molar-refractivity contribution in [3.8, 4) is 0 Å². The highest BCUT2D eigenvalue weighted by molar-refractivity contribution is 5.70. The van der Waals surface area contributed by atoms with Crippen LogP contribution in [0, 0.1) is 10.1 Å². The van der Waals surface area contributed by atoms with Gasteiger partial charge >= 0.3 is 5.69 Å². The van der Waals surface area contributed by atoms with Crippen LogP contribution in [0.3, 0.4) is 0 Å². The van der Waals surface area contributed by atoms with E-state index in [2.05, 4.69) is 75.6 Å². The first-order chi connectivity index (χ1) is 16.2. The third-order valence-corrected chi connectivity index (χ3v) is 6.02. The van der Waals surface area contributed by atoms with E-state index in [-0.39, 0.29) is 16.7 Å². The van der Waals surface area contributed by atoms with E-state index < -0.39 is 0 Å². The predicted octanol–water partition coefficient (Wildman–Crippen LogP) is 4.51. The molecule has 0 spiro atoms. The van der Waals surface area contributed by atoms with Gasteiger partial charge in [-0.15, -0.1) is 0 Å². The predicted molar refractivity (Wildman–Crippen MR) is 131 cm³/mol. The highest BCUT2D eigenvalue weighted by Gasteiger charge is 2.31. The number of piperazine rings is 1. The van der Waals surface area contributed by atoms with Crippen molar-refractivity contribution in [3.63, 3.8) is 0 Å². The van der Waals surface area contributed by atoms with E-state index in [1.165, 1.54) is 17.5 Å². The molecule has 1 aliphatic heterocycles. The molecule has 0 bridgehead atoms. The molecule has 33 heavy (non-hydrogen) atoms. The summed E-state index contributed by atoms with van der Waals surface area (Å²) in [4.78, 5) is 24.5. The van der Waals surface area contributed by atoms with Crippen molar-refractivity contribution in [2.45, 2.75) is 25.8 Å². The van der Waals surface area contributed by atoms with Gasteiger partial charge in [0.25, 0.3) is 0 Å². The Morgan fingerprint density at radius 3 is 2.12 bits per heavy atom. The summed E-state index contributed by atoms with van der Waals surface area (Å²) in [5.74, 6) is 0.692. The van der Waals surface area contributed by atoms with Crippen LogP contribution in [0.25, 0.3) is 0 Å². The van der Waals surface area contributed by atoms with Gasteiger partial charge < -0.3 is 10.2 Å². The maximum absolute atomic E-state index is 11.9. The summed E-state index contributed by atoms with van der Waals surface area (Å²) in [6, 6.07) is 21.1. The lowest BCUT2D eigenvalue weighted by Gasteiger charge is -2.40. The molecule has 1 saturated heterocycles. The standard InChI is InChI=1S/C25H30N6O2/c1-2-3-14-26-24-23(31(32)33)25(28-19-27-24)30-17-15-29(16-18-30)22(20-10-6-4-7-11-20)21-12-8-5-9-13-21/h4-13,19,22H,2-3,14-18H2,1H3,(H,26,27,28). The zero-order chi connectivity index (χ0) is 23.0. The fourth-order valence-corrected chi connectivity index (χ4v) is 4.36. The van der Waals surface area contributed by atoms with Crippen LogP contribution in [0.5, 0.6) is 0 Å². The number of benzene rings is 2. The van der Waals surface area contributed by atoms with Crippen molar-refractivity contribution >= 4 is 17.3 Å². The first-order valence-corrected chi connectivity index (χ1v) is 11.5. The van der Waals surface area contributed by atoms with E-state index in [9.17, 15) is 10.1 Å². The average Bonchev–Trinajstić information content (AvgIpc) is 2.86. The van der Waals surface area contributed by atoms with Gasteiger partial charge in [0.2, 0.25) is 11.6 Å². The molecular weight excluding hydrogens is 416 g/mol. The molecule has 4 rings (SSSR count). The van der Waals surface area contributed by atoms with Crippen LogP contribution in [-0.4, -0.2) is 52.5 Å². The Bertz CT molecular complexity index is 1000. The molecule has 0 radical (unpaired) electrons. The number of rotatable bonds is 9. The maximum atomic E-state index is 11.9. The zero-order valence-corrected chi connectivity index (χ0v) is 18.9. The second kappa shape index (κ2) is 10.9. The van der Waals surface area contributed by atoms with Crippen molar-refractivity contribution in [3.05, 3.63) is 88.2 Å². The summed E-state index contributed by atoms with van der Waals surface area (Å²) in [5, 5.41) is 15.0. The molecule has 0 aliphatic carbocycles. The smallest absolute Gasteiger partial charge is 0.353 e. The van der Waals surface area contributed by atoms with Gasteiger partial charge in [-0.05, 0) is 17.5 Å². The van der Waals surface area contributed by atoms with Gasteiger partial charge in [-0.25, -0.2) is 9.97 Å². The van der Waals surface area contributed by atoms with Gasteiger partial charge in [-0.1, -0.05) is 74.0 Å². The molecule has 0 amide bonds. The first-order valence-electron chi connectivity index (χ1n) is 11.5. The van der Waals surface area contributed by atoms with E-state index in [0.717, 1.165) is 25.9 Å². The van der Waals surface area contributed by atoms with Crippen LogP contribution in [0.1, 0.15) is 36.9 Å². The van der Waals surface area contributed by atoms with Crippen molar-refractivity contribution in [1.82, 2.24) is 14.9 Å². The van der Waals surface area contributed by atoms with Crippen LogP contribution in [0.2, 0.25) is 0 Å². The highest BCUT2D eigenvalue weighted by atomic mass is 16.6. The Hall–Kier alpha value is -3.52. The number of nitro groups is 1. The second-order valence-electron chi connectivity index (χ2n) is 8.18. The molecule has 2 heterocycles. The fraction of sp³-hybridized carbons (Fsp3) is 0.360. The molecule has 1 N–H and O–H groups in total. The third-order valence-electron chi connectivity index (χ3n) is 6.02. The molecular formula is C25H30N6O2. The molecule has 0 saturated carbocycles. The summed E-state index contributed by atoms with van der Waals surface area (Å²) >= 11 is 0. The largest absolute Gasteiger partial charge is 0.364 e. The first kappa shape index (κ1) is 22.7. The quantitative estimate of drug-likeness (QED) is 0.294. The van der Waals surface area contributed by atoms with E-state index in [0.29, 0.717) is 31.3 Å². The molecule has 1 aromatic heterocycles. The normalized spacial score (nSPS) is 14.4. The maximum Gasteiger partial charge on any atom is 0.353 e. The van der Waals surface area contributed by atoms with E-state index in [1.807, 2.05) is 17.0 Å². The minimum atomic E-state index is -0.368. The summed E-state index contributed by atoms with van der Waals surface area (Å²) in [6.07, 6.45) is 3.35. The average molecular weight is 447 g/mol. The van der Waals surface area contributed by atoms with E-state index >= 15 is 0 Å². The van der Waals surface area contributed by atoms with Crippen LogP contribution in [-0.2, 0) is 0 Å². The van der Waals surface area contributed by atoms with Crippen LogP contribution in [0.15, 0.2) is 67.0 Å². The van der Waals surface area contributed by atoms with Gasteiger partial charge in [-0.3, -0.25) is 15.0 Å². The van der Waals surface area contributed by atoms with Crippen molar-refractivity contribution in [1.29, 1.82) is 0 Å². The number of aromatic nitrogens is 2. The summed E-state index contributed by atoms with van der Waals surface area (Å²) in [7, 11) is 0. The number of unbranched alkanes of at least 4 members (excludes halogenated alkanes) is 1. The van der Waals surface area contributed by atoms with Gasteiger partial charge in [0, 0.05) is 32.7 Å². The summed E-state index contributed by atoms with van der Waals surface area (Å²) < 4.78 is 0. The molecule has 0 unspecified atom stereocenters. The Balaban J connectivity index is 1.54. The molecule has 8 nitrogen and oxygen atoms in total. The van der Waals surface area contributed by atoms with Gasteiger partial charge in [0.05, 0.1) is 11.0 Å². The van der Waals surface area contributed by atoms with Crippen LogP contribution < -0.4 is 10.2 Å². The Kier molecular flexibility index (Phi) is 7.47. The topological polar surface area (TPSA) is 87.4 Å². The van der Waals surface area contributed by atoms with Gasteiger partial charge in [0.15, 0.2) is 0 Å². The lowest BCUT2D eigenvalue weighted by Crippen LogP contribution is -2.48. The molecule has 1 aliphatic rings. The van der Waals surface area contributed by atoms with E-state index in [4.69, 9.17) is 0 Å². The Labute approximate surface area is 194 Å². The summed E-state index contributed by atoms with van der Waals surface area (Å²) in [5.41, 5.74) is 2.45. The number of hydrogen-bond acceptors (Lipinski definition) is 7. The Morgan fingerprint density at radius 1 is 0.970 bits per heavy atom. The Morgan fingerprint density at radius 2 is 1.58 bits per heavy atom.